The van der Waals surface area contributed by atoms with Gasteiger partial charge in [-0.3, -0.25) is 9.59 Å². The lowest BCUT2D eigenvalue weighted by Crippen LogP contribution is -2.41. The summed E-state index contributed by atoms with van der Waals surface area (Å²) in [5.74, 6) is 0.569. The molecule has 7 nitrogen and oxygen atoms in total. The van der Waals surface area contributed by atoms with Crippen LogP contribution in [0.25, 0.3) is 0 Å². The highest BCUT2D eigenvalue weighted by Crippen LogP contribution is 2.18. The topological polar surface area (TPSA) is 78.7 Å². The lowest BCUT2D eigenvalue weighted by atomic mass is 10.1. The van der Waals surface area contributed by atoms with E-state index in [9.17, 15) is 9.59 Å². The normalized spacial score (nSPS) is 18.8. The van der Waals surface area contributed by atoms with Gasteiger partial charge in [0.15, 0.2) is 0 Å². The van der Waals surface area contributed by atoms with E-state index in [1.165, 1.54) is 0 Å². The van der Waals surface area contributed by atoms with Crippen LogP contribution in [0, 0.1) is 13.8 Å². The van der Waals surface area contributed by atoms with E-state index >= 15 is 0 Å². The minimum Gasteiger partial charge on any atom is -0.361 e. The Hall–Kier alpha value is -1.89. The molecule has 1 saturated heterocycles. The molecule has 7 heteroatoms. The quantitative estimate of drug-likeness (QED) is 0.893. The van der Waals surface area contributed by atoms with Crippen LogP contribution in [0.4, 0.5) is 0 Å². The highest BCUT2D eigenvalue weighted by Gasteiger charge is 2.26. The summed E-state index contributed by atoms with van der Waals surface area (Å²) in [6.07, 6.45) is 2.54. The third-order valence-corrected chi connectivity index (χ3v) is 4.09. The number of hydrogen-bond acceptors (Lipinski definition) is 5. The molecule has 1 aromatic heterocycles. The second-order valence-corrected chi connectivity index (χ2v) is 6.42. The van der Waals surface area contributed by atoms with Crippen molar-refractivity contribution >= 4 is 11.8 Å². The summed E-state index contributed by atoms with van der Waals surface area (Å²) in [7, 11) is 3.74. The minimum atomic E-state index is -0.0264. The molecule has 1 N–H and O–H groups in total. The summed E-state index contributed by atoms with van der Waals surface area (Å²) in [6.45, 7) is 5.26. The van der Waals surface area contributed by atoms with E-state index in [-0.39, 0.29) is 17.9 Å². The van der Waals surface area contributed by atoms with Crippen molar-refractivity contribution in [2.45, 2.75) is 39.2 Å². The van der Waals surface area contributed by atoms with Gasteiger partial charge in [0.1, 0.15) is 11.3 Å². The van der Waals surface area contributed by atoms with Crippen LogP contribution >= 0.6 is 0 Å². The van der Waals surface area contributed by atoms with Gasteiger partial charge >= 0.3 is 0 Å². The standard InChI is InChI=1S/C16H26N4O3/c1-11-15(12(2)23-18-11)16(22)20-8-5-6-13(7-9-20)17-14(21)10-19(3)4/h13H,5-10H2,1-4H3,(H,17,21)/t13-/m1/s1. The first kappa shape index (κ1) is 17.5. The molecule has 0 bridgehead atoms. The van der Waals surface area contributed by atoms with Crippen molar-refractivity contribution in [2.24, 2.45) is 0 Å². The van der Waals surface area contributed by atoms with E-state index < -0.39 is 0 Å². The molecule has 0 radical (unpaired) electrons. The van der Waals surface area contributed by atoms with E-state index in [0.717, 1.165) is 19.3 Å². The highest BCUT2D eigenvalue weighted by atomic mass is 16.5. The minimum absolute atomic E-state index is 0.0264. The van der Waals surface area contributed by atoms with Crippen LogP contribution in [0.2, 0.25) is 0 Å². The summed E-state index contributed by atoms with van der Waals surface area (Å²) < 4.78 is 5.09. The van der Waals surface area contributed by atoms with Gasteiger partial charge in [-0.15, -0.1) is 0 Å². The molecule has 1 aliphatic heterocycles. The van der Waals surface area contributed by atoms with Crippen molar-refractivity contribution in [3.8, 4) is 0 Å². The van der Waals surface area contributed by atoms with Crippen LogP contribution < -0.4 is 5.32 Å². The number of hydrogen-bond donors (Lipinski definition) is 1. The molecule has 2 heterocycles. The van der Waals surface area contributed by atoms with Gasteiger partial charge in [-0.25, -0.2) is 0 Å². The molecule has 128 valence electrons. The number of nitrogens with one attached hydrogen (secondary N) is 1. The molecule has 0 spiro atoms. The maximum atomic E-state index is 12.7. The number of nitrogens with zero attached hydrogens (tertiary/aromatic N) is 3. The Kier molecular flexibility index (Phi) is 5.76. The van der Waals surface area contributed by atoms with Gasteiger partial charge in [0.25, 0.3) is 5.91 Å². The van der Waals surface area contributed by atoms with Gasteiger partial charge in [0.05, 0.1) is 12.2 Å². The smallest absolute Gasteiger partial charge is 0.259 e. The number of likely N-dealkylation sites (tertiary alicyclic amines) is 1. The summed E-state index contributed by atoms with van der Waals surface area (Å²) in [5.41, 5.74) is 1.20. The van der Waals surface area contributed by atoms with Crippen LogP contribution in [-0.2, 0) is 4.79 Å². The number of amides is 2. The number of carbonyl (C=O) groups is 2. The maximum Gasteiger partial charge on any atom is 0.259 e. The summed E-state index contributed by atoms with van der Waals surface area (Å²) in [4.78, 5) is 28.2. The Morgan fingerprint density at radius 3 is 2.65 bits per heavy atom. The Labute approximate surface area is 137 Å². The van der Waals surface area contributed by atoms with Crippen molar-refractivity contribution in [1.82, 2.24) is 20.3 Å². The van der Waals surface area contributed by atoms with E-state index in [4.69, 9.17) is 4.52 Å². The Bertz CT molecular complexity index is 548. The molecule has 1 aliphatic rings. The van der Waals surface area contributed by atoms with Crippen molar-refractivity contribution < 1.29 is 14.1 Å². The van der Waals surface area contributed by atoms with Crippen LogP contribution in [0.1, 0.15) is 41.1 Å². The first-order chi connectivity index (χ1) is 10.9. The van der Waals surface area contributed by atoms with Gasteiger partial charge in [-0.2, -0.15) is 0 Å². The fourth-order valence-electron chi connectivity index (χ4n) is 2.95. The molecule has 0 unspecified atom stereocenters. The molecule has 2 rings (SSSR count). The first-order valence-electron chi connectivity index (χ1n) is 8.04. The maximum absolute atomic E-state index is 12.7. The fraction of sp³-hybridized carbons (Fsp3) is 0.688. The molecule has 0 saturated carbocycles. The number of aromatic nitrogens is 1. The second-order valence-electron chi connectivity index (χ2n) is 6.42. The predicted molar refractivity (Wildman–Crippen MR) is 86.2 cm³/mol. The number of rotatable bonds is 4. The van der Waals surface area contributed by atoms with Crippen molar-refractivity contribution in [3.63, 3.8) is 0 Å². The Balaban J connectivity index is 1.93. The molecule has 1 aromatic rings. The van der Waals surface area contributed by atoms with E-state index in [1.807, 2.05) is 23.9 Å². The average Bonchev–Trinajstić information content (AvgIpc) is 2.67. The number of likely N-dealkylation sites (N-methyl/N-ethyl adjacent to an activating group) is 1. The van der Waals surface area contributed by atoms with E-state index in [1.54, 1.807) is 13.8 Å². The number of aryl methyl sites for hydroxylation is 2. The fourth-order valence-corrected chi connectivity index (χ4v) is 2.95. The third-order valence-electron chi connectivity index (χ3n) is 4.09. The van der Waals surface area contributed by atoms with E-state index in [2.05, 4.69) is 10.5 Å². The molecular weight excluding hydrogens is 296 g/mol. The molecule has 1 atom stereocenters. The first-order valence-corrected chi connectivity index (χ1v) is 8.04. The SMILES string of the molecule is Cc1noc(C)c1C(=O)N1CCC[C@@H](NC(=O)CN(C)C)CC1. The second kappa shape index (κ2) is 7.59. The molecule has 1 fully saturated rings. The third kappa shape index (κ3) is 4.54. The summed E-state index contributed by atoms with van der Waals surface area (Å²) >= 11 is 0. The summed E-state index contributed by atoms with van der Waals surface area (Å²) in [6, 6.07) is 0.130. The van der Waals surface area contributed by atoms with Crippen LogP contribution in [0.5, 0.6) is 0 Å². The van der Waals surface area contributed by atoms with Crippen LogP contribution in [-0.4, -0.2) is 66.5 Å². The van der Waals surface area contributed by atoms with Gasteiger partial charge < -0.3 is 19.6 Å². The van der Waals surface area contributed by atoms with Crippen LogP contribution in [0.15, 0.2) is 4.52 Å². The lowest BCUT2D eigenvalue weighted by Gasteiger charge is -2.21. The Morgan fingerprint density at radius 1 is 1.30 bits per heavy atom. The van der Waals surface area contributed by atoms with Crippen molar-refractivity contribution in [3.05, 3.63) is 17.0 Å². The lowest BCUT2D eigenvalue weighted by molar-refractivity contribution is -0.122. The zero-order chi connectivity index (χ0) is 17.0. The molecule has 0 aromatic carbocycles. The van der Waals surface area contributed by atoms with Gasteiger partial charge in [-0.1, -0.05) is 5.16 Å². The van der Waals surface area contributed by atoms with Gasteiger partial charge in [0.2, 0.25) is 5.91 Å². The van der Waals surface area contributed by atoms with E-state index in [0.29, 0.717) is 36.7 Å². The van der Waals surface area contributed by atoms with Crippen molar-refractivity contribution in [2.75, 3.05) is 33.7 Å². The summed E-state index contributed by atoms with van der Waals surface area (Å²) in [5, 5.41) is 6.91. The Morgan fingerprint density at radius 2 is 2.04 bits per heavy atom. The van der Waals surface area contributed by atoms with Crippen LogP contribution in [0.3, 0.4) is 0 Å². The monoisotopic (exact) mass is 322 g/mol. The molecule has 23 heavy (non-hydrogen) atoms. The molecule has 2 amide bonds. The van der Waals surface area contributed by atoms with Gasteiger partial charge in [-0.05, 0) is 47.2 Å². The molecular formula is C16H26N4O3. The highest BCUT2D eigenvalue weighted by molar-refractivity contribution is 5.96. The largest absolute Gasteiger partial charge is 0.361 e. The zero-order valence-corrected chi connectivity index (χ0v) is 14.4. The number of carbonyl (C=O) groups excluding carboxylic acids is 2. The predicted octanol–water partition coefficient (Wildman–Crippen LogP) is 0.964. The zero-order valence-electron chi connectivity index (χ0n) is 14.4. The average molecular weight is 322 g/mol. The molecule has 0 aliphatic carbocycles. The van der Waals surface area contributed by atoms with Gasteiger partial charge in [0, 0.05) is 19.1 Å². The van der Waals surface area contributed by atoms with Crippen molar-refractivity contribution in [1.29, 1.82) is 0 Å².